The zero-order chi connectivity index (χ0) is 20.8. The molecule has 0 aliphatic heterocycles. The van der Waals surface area contributed by atoms with Gasteiger partial charge in [0.2, 0.25) is 0 Å². The van der Waals surface area contributed by atoms with Gasteiger partial charge in [0, 0.05) is 0 Å². The Balaban J connectivity index is 1.50. The Bertz CT molecular complexity index is 626. The molecule has 0 aromatic carbocycles. The zero-order valence-corrected chi connectivity index (χ0v) is 19.2. The fraction of sp³-hybridized carbons (Fsp3) is 0.889. The Morgan fingerprint density at radius 2 is 1.79 bits per heavy atom. The van der Waals surface area contributed by atoms with Gasteiger partial charge in [0.1, 0.15) is 0 Å². The van der Waals surface area contributed by atoms with Gasteiger partial charge in [0.15, 0.2) is 0 Å². The average Bonchev–Trinajstić information content (AvgIpc) is 3.04. The van der Waals surface area contributed by atoms with Crippen molar-refractivity contribution in [2.24, 2.45) is 52.3 Å². The summed E-state index contributed by atoms with van der Waals surface area (Å²) in [6.45, 7) is 11.4. The van der Waals surface area contributed by atoms with E-state index in [4.69, 9.17) is 0 Å². The molecule has 0 radical (unpaired) electrons. The Morgan fingerprint density at radius 3 is 2.52 bits per heavy atom. The average molecular weight is 401 g/mol. The van der Waals surface area contributed by atoms with Gasteiger partial charge in [-0.3, -0.25) is 4.79 Å². The molecular formula is C27H44O2. The van der Waals surface area contributed by atoms with E-state index in [0.29, 0.717) is 29.1 Å². The minimum absolute atomic E-state index is 0.252. The highest BCUT2D eigenvalue weighted by molar-refractivity contribution is 5.70. The summed E-state index contributed by atoms with van der Waals surface area (Å²) in [5, 5.41) is 9.64. The molecule has 4 aliphatic carbocycles. The van der Waals surface area contributed by atoms with Crippen molar-refractivity contribution in [1.29, 1.82) is 0 Å². The van der Waals surface area contributed by atoms with Gasteiger partial charge in [0.25, 0.3) is 0 Å². The molecule has 4 rings (SSSR count). The number of hydrogen-bond donors (Lipinski definition) is 1. The topological polar surface area (TPSA) is 37.3 Å². The van der Waals surface area contributed by atoms with E-state index in [2.05, 4.69) is 27.4 Å². The van der Waals surface area contributed by atoms with Crippen LogP contribution in [0.3, 0.4) is 0 Å². The number of hydrogen-bond acceptors (Lipinski definition) is 1. The van der Waals surface area contributed by atoms with E-state index in [1.165, 1.54) is 64.2 Å². The molecule has 0 amide bonds. The summed E-state index contributed by atoms with van der Waals surface area (Å²) in [5.74, 6) is 4.10. The first-order chi connectivity index (χ1) is 13.8. The first-order valence-corrected chi connectivity index (χ1v) is 12.6. The standard InChI is InChI=1S/C27H44O2/c1-5-8-19(25(28)29)17-18(2)22-12-13-23-21-11-10-20-9-6-7-15-26(20,3)24(21)14-16-27(22,23)4/h5,18-24H,1,6-17H2,2-4H3,(H,28,29)/t18-,19?,20?,21+,22-,23+,24+,26+,27-/m1/s1. The Kier molecular flexibility index (Phi) is 5.95. The summed E-state index contributed by atoms with van der Waals surface area (Å²) in [5.41, 5.74) is 1.06. The molecule has 0 aromatic heterocycles. The van der Waals surface area contributed by atoms with Crippen molar-refractivity contribution in [3.8, 4) is 0 Å². The quantitative estimate of drug-likeness (QED) is 0.474. The molecule has 9 atom stereocenters. The van der Waals surface area contributed by atoms with Crippen LogP contribution in [0.15, 0.2) is 12.7 Å². The van der Waals surface area contributed by atoms with Gasteiger partial charge in [-0.15, -0.1) is 6.58 Å². The number of aliphatic carboxylic acids is 1. The number of rotatable bonds is 6. The summed E-state index contributed by atoms with van der Waals surface area (Å²) in [4.78, 5) is 11.7. The predicted molar refractivity (Wildman–Crippen MR) is 120 cm³/mol. The molecule has 4 saturated carbocycles. The van der Waals surface area contributed by atoms with Crippen molar-refractivity contribution in [1.82, 2.24) is 0 Å². The third-order valence-electron chi connectivity index (χ3n) is 10.8. The molecule has 4 aliphatic rings. The second kappa shape index (κ2) is 8.04. The fourth-order valence-electron chi connectivity index (χ4n) is 9.38. The molecule has 164 valence electrons. The third-order valence-corrected chi connectivity index (χ3v) is 10.8. The van der Waals surface area contributed by atoms with E-state index >= 15 is 0 Å². The van der Waals surface area contributed by atoms with E-state index in [1.807, 2.05) is 0 Å². The van der Waals surface area contributed by atoms with Gasteiger partial charge in [0.05, 0.1) is 5.92 Å². The van der Waals surface area contributed by atoms with Crippen LogP contribution in [-0.4, -0.2) is 11.1 Å². The lowest BCUT2D eigenvalue weighted by atomic mass is 9.44. The molecule has 1 N–H and O–H groups in total. The molecule has 2 unspecified atom stereocenters. The maximum Gasteiger partial charge on any atom is 0.306 e. The summed E-state index contributed by atoms with van der Waals surface area (Å²) in [7, 11) is 0. The summed E-state index contributed by atoms with van der Waals surface area (Å²) in [6.07, 6.45) is 17.6. The highest BCUT2D eigenvalue weighted by Gasteiger charge is 2.60. The van der Waals surface area contributed by atoms with Crippen molar-refractivity contribution in [3.63, 3.8) is 0 Å². The summed E-state index contributed by atoms with van der Waals surface area (Å²) in [6, 6.07) is 0. The SMILES string of the molecule is C=CCC(C[C@@H](C)[C@H]1CC[C@H]2[C@@H]3CCC4CCCC[C@]4(C)[C@H]3CC[C@]12C)C(=O)O. The van der Waals surface area contributed by atoms with Crippen LogP contribution in [0.1, 0.15) is 97.8 Å². The molecule has 0 aromatic rings. The van der Waals surface area contributed by atoms with E-state index in [0.717, 1.165) is 30.1 Å². The maximum absolute atomic E-state index is 11.7. The Hall–Kier alpha value is -0.790. The van der Waals surface area contributed by atoms with Crippen LogP contribution >= 0.6 is 0 Å². The van der Waals surface area contributed by atoms with Crippen LogP contribution in [-0.2, 0) is 4.79 Å². The van der Waals surface area contributed by atoms with Crippen LogP contribution in [0.2, 0.25) is 0 Å². The van der Waals surface area contributed by atoms with E-state index < -0.39 is 5.97 Å². The second-order valence-electron chi connectivity index (χ2n) is 11.9. The molecule has 0 spiro atoms. The predicted octanol–water partition coefficient (Wildman–Crippen LogP) is 7.34. The van der Waals surface area contributed by atoms with Crippen LogP contribution in [0.4, 0.5) is 0 Å². The molecular weight excluding hydrogens is 356 g/mol. The van der Waals surface area contributed by atoms with Crippen molar-refractivity contribution < 1.29 is 9.90 Å². The van der Waals surface area contributed by atoms with Gasteiger partial charge >= 0.3 is 5.97 Å². The first kappa shape index (κ1) is 21.4. The summed E-state index contributed by atoms with van der Waals surface area (Å²) >= 11 is 0. The summed E-state index contributed by atoms with van der Waals surface area (Å²) < 4.78 is 0. The number of carboxylic acids is 1. The maximum atomic E-state index is 11.7. The van der Waals surface area contributed by atoms with Crippen LogP contribution in [0, 0.1) is 52.3 Å². The van der Waals surface area contributed by atoms with Crippen molar-refractivity contribution in [3.05, 3.63) is 12.7 Å². The minimum Gasteiger partial charge on any atom is -0.481 e. The lowest BCUT2D eigenvalue weighted by Crippen LogP contribution is -2.53. The van der Waals surface area contributed by atoms with Gasteiger partial charge in [-0.1, -0.05) is 39.7 Å². The highest BCUT2D eigenvalue weighted by atomic mass is 16.4. The Morgan fingerprint density at radius 1 is 1.03 bits per heavy atom. The highest BCUT2D eigenvalue weighted by Crippen LogP contribution is 2.68. The lowest BCUT2D eigenvalue weighted by molar-refractivity contribution is -0.143. The number of fused-ring (bicyclic) bond motifs is 5. The lowest BCUT2D eigenvalue weighted by Gasteiger charge is -2.61. The second-order valence-corrected chi connectivity index (χ2v) is 11.9. The van der Waals surface area contributed by atoms with Crippen molar-refractivity contribution in [2.75, 3.05) is 0 Å². The van der Waals surface area contributed by atoms with Gasteiger partial charge in [-0.2, -0.15) is 0 Å². The smallest absolute Gasteiger partial charge is 0.306 e. The van der Waals surface area contributed by atoms with Gasteiger partial charge in [-0.05, 0) is 111 Å². The zero-order valence-electron chi connectivity index (χ0n) is 19.2. The fourth-order valence-corrected chi connectivity index (χ4v) is 9.38. The van der Waals surface area contributed by atoms with Crippen molar-refractivity contribution in [2.45, 2.75) is 97.8 Å². The van der Waals surface area contributed by atoms with E-state index in [-0.39, 0.29) is 5.92 Å². The van der Waals surface area contributed by atoms with Gasteiger partial charge in [-0.25, -0.2) is 0 Å². The minimum atomic E-state index is -0.635. The number of carboxylic acid groups (broad SMARTS) is 1. The van der Waals surface area contributed by atoms with Crippen LogP contribution in [0.25, 0.3) is 0 Å². The molecule has 0 bridgehead atoms. The molecule has 4 fully saturated rings. The molecule has 2 heteroatoms. The Labute approximate surface area is 178 Å². The molecule has 29 heavy (non-hydrogen) atoms. The first-order valence-electron chi connectivity index (χ1n) is 12.6. The van der Waals surface area contributed by atoms with Crippen LogP contribution < -0.4 is 0 Å². The normalized spacial score (nSPS) is 46.1. The van der Waals surface area contributed by atoms with Gasteiger partial charge < -0.3 is 5.11 Å². The monoisotopic (exact) mass is 400 g/mol. The molecule has 2 nitrogen and oxygen atoms in total. The third kappa shape index (κ3) is 3.51. The van der Waals surface area contributed by atoms with Crippen molar-refractivity contribution >= 4 is 5.97 Å². The number of allylic oxidation sites excluding steroid dienone is 1. The molecule has 0 saturated heterocycles. The largest absolute Gasteiger partial charge is 0.481 e. The van der Waals surface area contributed by atoms with E-state index in [9.17, 15) is 9.90 Å². The molecule has 0 heterocycles. The van der Waals surface area contributed by atoms with E-state index in [1.54, 1.807) is 6.08 Å². The van der Waals surface area contributed by atoms with Crippen LogP contribution in [0.5, 0.6) is 0 Å². The number of carbonyl (C=O) groups is 1.